The van der Waals surface area contributed by atoms with Crippen molar-refractivity contribution >= 4 is 11.9 Å². The Kier molecular flexibility index (Phi) is 4.48. The van der Waals surface area contributed by atoms with Crippen molar-refractivity contribution in [2.45, 2.75) is 76.9 Å². The van der Waals surface area contributed by atoms with Crippen LogP contribution in [0.5, 0.6) is 0 Å². The Bertz CT molecular complexity index is 691. The smallest absolute Gasteiger partial charge is 0.311 e. The number of carbonyl (C=O) groups excluding carboxylic acids is 2. The van der Waals surface area contributed by atoms with Crippen molar-refractivity contribution in [3.8, 4) is 0 Å². The van der Waals surface area contributed by atoms with E-state index in [-0.39, 0.29) is 30.8 Å². The molecule has 6 aliphatic carbocycles. The molecule has 6 rings (SSSR count). The molecule has 0 spiro atoms. The summed E-state index contributed by atoms with van der Waals surface area (Å²) in [7, 11) is 0. The van der Waals surface area contributed by atoms with Gasteiger partial charge in [0, 0.05) is 6.42 Å². The van der Waals surface area contributed by atoms with Gasteiger partial charge in [-0.15, -0.1) is 0 Å². The van der Waals surface area contributed by atoms with Gasteiger partial charge in [-0.3, -0.25) is 9.59 Å². The van der Waals surface area contributed by atoms with E-state index in [1.165, 1.54) is 32.1 Å². The van der Waals surface area contributed by atoms with E-state index in [1.54, 1.807) is 0 Å². The summed E-state index contributed by atoms with van der Waals surface area (Å²) >= 11 is 0. The van der Waals surface area contributed by atoms with Crippen molar-refractivity contribution < 1.29 is 23.8 Å². The minimum atomic E-state index is -0.0732. The number of carbonyl (C=O) groups is 2. The lowest BCUT2D eigenvalue weighted by Gasteiger charge is -2.40. The number of hydrogen-bond donors (Lipinski definition) is 0. The normalized spacial score (nSPS) is 50.9. The Balaban J connectivity index is 1.05. The highest BCUT2D eigenvalue weighted by molar-refractivity contribution is 5.73. The van der Waals surface area contributed by atoms with Gasteiger partial charge in [0.05, 0.1) is 12.0 Å². The molecule has 0 aromatic carbocycles. The van der Waals surface area contributed by atoms with Crippen LogP contribution >= 0.6 is 0 Å². The average Bonchev–Trinajstić information content (AvgIpc) is 3.54. The van der Waals surface area contributed by atoms with Crippen LogP contribution in [0.15, 0.2) is 0 Å². The topological polar surface area (TPSA) is 61.8 Å². The molecule has 0 heterocycles. The highest BCUT2D eigenvalue weighted by Crippen LogP contribution is 2.69. The van der Waals surface area contributed by atoms with Crippen LogP contribution in [-0.4, -0.2) is 30.9 Å². The Hall–Kier alpha value is -1.10. The van der Waals surface area contributed by atoms with E-state index in [2.05, 4.69) is 0 Å². The number of fused-ring (bicyclic) bond motifs is 11. The predicted molar refractivity (Wildman–Crippen MR) is 104 cm³/mol. The fourth-order valence-electron chi connectivity index (χ4n) is 8.88. The molecule has 5 nitrogen and oxygen atoms in total. The number of rotatable bonds is 6. The first-order chi connectivity index (χ1) is 14.1. The molecule has 0 aromatic rings. The molecule has 0 aliphatic heterocycles. The van der Waals surface area contributed by atoms with Crippen molar-refractivity contribution in [2.75, 3.05) is 6.79 Å². The zero-order valence-corrected chi connectivity index (χ0v) is 17.5. The van der Waals surface area contributed by atoms with Crippen LogP contribution in [-0.2, 0) is 23.8 Å². The van der Waals surface area contributed by atoms with Crippen LogP contribution < -0.4 is 0 Å². The van der Waals surface area contributed by atoms with Crippen molar-refractivity contribution in [3.05, 3.63) is 0 Å². The Morgan fingerprint density at radius 1 is 0.828 bits per heavy atom. The van der Waals surface area contributed by atoms with Crippen LogP contribution in [0.4, 0.5) is 0 Å². The molecule has 11 unspecified atom stereocenters. The van der Waals surface area contributed by atoms with Crippen molar-refractivity contribution in [1.29, 1.82) is 0 Å². The van der Waals surface area contributed by atoms with Gasteiger partial charge in [-0.1, -0.05) is 6.92 Å². The second-order valence-electron chi connectivity index (χ2n) is 10.9. The third-order valence-corrected chi connectivity index (χ3v) is 9.79. The van der Waals surface area contributed by atoms with Gasteiger partial charge >= 0.3 is 11.9 Å². The monoisotopic (exact) mass is 402 g/mol. The molecule has 0 amide bonds. The number of hydrogen-bond acceptors (Lipinski definition) is 5. The van der Waals surface area contributed by atoms with E-state index in [4.69, 9.17) is 14.2 Å². The van der Waals surface area contributed by atoms with Gasteiger partial charge < -0.3 is 14.2 Å². The van der Waals surface area contributed by atoms with Crippen LogP contribution in [0.3, 0.4) is 0 Å². The lowest BCUT2D eigenvalue weighted by Crippen LogP contribution is -2.41. The second-order valence-corrected chi connectivity index (χ2v) is 10.9. The van der Waals surface area contributed by atoms with E-state index < -0.39 is 0 Å². The highest BCUT2D eigenvalue weighted by Gasteiger charge is 2.66. The molecule has 0 radical (unpaired) electrons. The van der Waals surface area contributed by atoms with Crippen molar-refractivity contribution in [3.63, 3.8) is 0 Å². The molecule has 6 bridgehead atoms. The largest absolute Gasteiger partial charge is 0.462 e. The zero-order chi connectivity index (χ0) is 19.7. The lowest BCUT2D eigenvalue weighted by molar-refractivity contribution is -0.172. The van der Waals surface area contributed by atoms with E-state index in [9.17, 15) is 9.59 Å². The summed E-state index contributed by atoms with van der Waals surface area (Å²) in [6, 6.07) is 0. The molecule has 11 atom stereocenters. The van der Waals surface area contributed by atoms with Gasteiger partial charge in [0.25, 0.3) is 0 Å². The molecule has 160 valence electrons. The standard InChI is InChI=1S/C24H34O5/c1-2-21(25)29-20-10-15-9-18(20)23-16-7-14(22(15)23)8-17(16)24(26)28-11-27-19-6-12-3-4-13(19)5-12/h12-20,22-23H,2-11H2,1H3. The van der Waals surface area contributed by atoms with Gasteiger partial charge in [0.15, 0.2) is 6.79 Å². The Morgan fingerprint density at radius 3 is 2.41 bits per heavy atom. The van der Waals surface area contributed by atoms with Gasteiger partial charge in [-0.2, -0.15) is 0 Å². The van der Waals surface area contributed by atoms with Crippen LogP contribution in [0, 0.1) is 53.3 Å². The number of ether oxygens (including phenoxy) is 3. The first-order valence-electron chi connectivity index (χ1n) is 12.1. The molecule has 0 saturated heterocycles. The minimum absolute atomic E-state index is 0.0340. The highest BCUT2D eigenvalue weighted by atomic mass is 16.7. The van der Waals surface area contributed by atoms with Crippen molar-refractivity contribution in [2.24, 2.45) is 53.3 Å². The van der Waals surface area contributed by atoms with E-state index in [1.807, 2.05) is 6.92 Å². The summed E-state index contributed by atoms with van der Waals surface area (Å²) in [5.41, 5.74) is 0. The molecule has 29 heavy (non-hydrogen) atoms. The van der Waals surface area contributed by atoms with Crippen LogP contribution in [0.25, 0.3) is 0 Å². The molecule has 6 aliphatic rings. The summed E-state index contributed by atoms with van der Waals surface area (Å²) in [6.07, 6.45) is 10.4. The maximum Gasteiger partial charge on any atom is 0.311 e. The second kappa shape index (κ2) is 6.96. The van der Waals surface area contributed by atoms with Gasteiger partial charge in [-0.25, -0.2) is 0 Å². The molecule has 6 fully saturated rings. The molecule has 6 saturated carbocycles. The van der Waals surface area contributed by atoms with Gasteiger partial charge in [0.2, 0.25) is 0 Å². The van der Waals surface area contributed by atoms with E-state index in [0.29, 0.717) is 48.0 Å². The summed E-state index contributed by atoms with van der Waals surface area (Å²) in [5.74, 6) is 5.05. The maximum absolute atomic E-state index is 12.9. The van der Waals surface area contributed by atoms with Gasteiger partial charge in [-0.05, 0) is 98.7 Å². The summed E-state index contributed by atoms with van der Waals surface area (Å²) < 4.78 is 17.4. The number of esters is 2. The first kappa shape index (κ1) is 18.7. The van der Waals surface area contributed by atoms with Crippen LogP contribution in [0.1, 0.15) is 64.7 Å². The summed E-state index contributed by atoms with van der Waals surface area (Å²) in [6.45, 7) is 2.00. The maximum atomic E-state index is 12.9. The SMILES string of the molecule is CCC(=O)OC1CC2CC1C1C3CC(CC3C(=O)OCOC3CC4CCC3C4)C21. The minimum Gasteiger partial charge on any atom is -0.462 e. The lowest BCUT2D eigenvalue weighted by atomic mass is 9.67. The van der Waals surface area contributed by atoms with Crippen LogP contribution in [0.2, 0.25) is 0 Å². The van der Waals surface area contributed by atoms with Gasteiger partial charge in [0.1, 0.15) is 6.10 Å². The predicted octanol–water partition coefficient (Wildman–Crippen LogP) is 3.94. The summed E-state index contributed by atoms with van der Waals surface area (Å²) in [4.78, 5) is 24.7. The fourth-order valence-corrected chi connectivity index (χ4v) is 8.88. The van der Waals surface area contributed by atoms with E-state index >= 15 is 0 Å². The zero-order valence-electron chi connectivity index (χ0n) is 17.5. The molecular formula is C24H34O5. The molecule has 0 aromatic heterocycles. The Morgan fingerprint density at radius 2 is 1.66 bits per heavy atom. The molecule has 0 N–H and O–H groups in total. The molecule has 5 heteroatoms. The van der Waals surface area contributed by atoms with Crippen molar-refractivity contribution in [1.82, 2.24) is 0 Å². The first-order valence-corrected chi connectivity index (χ1v) is 12.1. The third kappa shape index (κ3) is 2.90. The third-order valence-electron chi connectivity index (χ3n) is 9.79. The van der Waals surface area contributed by atoms with E-state index in [0.717, 1.165) is 31.1 Å². The fraction of sp³-hybridized carbons (Fsp3) is 0.917. The molecular weight excluding hydrogens is 368 g/mol. The average molecular weight is 403 g/mol. The quantitative estimate of drug-likeness (QED) is 0.383. The Labute approximate surface area is 173 Å². The summed E-state index contributed by atoms with van der Waals surface area (Å²) in [5, 5.41) is 0.